The summed E-state index contributed by atoms with van der Waals surface area (Å²) in [7, 11) is 0. The van der Waals surface area contributed by atoms with Crippen LogP contribution in [-0.4, -0.2) is 6.09 Å². The maximum Gasteiger partial charge on any atom is 0.405 e. The Morgan fingerprint density at radius 1 is 1.13 bits per heavy atom. The molecule has 1 fully saturated rings. The number of ether oxygens (including phenoxy) is 1. The summed E-state index contributed by atoms with van der Waals surface area (Å²) in [6, 6.07) is 14.2. The Labute approximate surface area is 133 Å². The lowest BCUT2D eigenvalue weighted by molar-refractivity contribution is -0.119. The molecule has 0 saturated heterocycles. The molecular weight excluding hydrogens is 300 g/mol. The summed E-state index contributed by atoms with van der Waals surface area (Å²) < 4.78 is 34.8. The molecule has 0 spiro atoms. The van der Waals surface area contributed by atoms with Crippen LogP contribution in [0.2, 0.25) is 0 Å². The van der Waals surface area contributed by atoms with E-state index in [4.69, 9.17) is 10.5 Å². The van der Waals surface area contributed by atoms with Gasteiger partial charge in [-0.3, -0.25) is 0 Å². The number of halogens is 2. The molecule has 0 bridgehead atoms. The molecule has 2 N–H and O–H groups in total. The molecule has 3 rings (SSSR count). The van der Waals surface area contributed by atoms with Crippen molar-refractivity contribution in [1.82, 2.24) is 0 Å². The fraction of sp³-hybridized carbons (Fsp3) is 0.278. The van der Waals surface area contributed by atoms with Crippen molar-refractivity contribution in [3.05, 3.63) is 71.3 Å². The number of hydrogen-bond acceptors (Lipinski definition) is 2. The minimum Gasteiger partial charge on any atom is -0.435 e. The molecule has 1 aliphatic carbocycles. The topological polar surface area (TPSA) is 52.3 Å². The largest absolute Gasteiger partial charge is 0.435 e. The molecule has 2 aromatic rings. The first-order valence-corrected chi connectivity index (χ1v) is 7.48. The van der Waals surface area contributed by atoms with E-state index in [0.29, 0.717) is 5.92 Å². The van der Waals surface area contributed by atoms with Gasteiger partial charge in [-0.05, 0) is 36.0 Å². The SMILES string of the molecule is NC(=O)OC(c1ccccc1)C(F)(F)c1cccc(C2CC2)c1. The molecule has 0 aromatic heterocycles. The summed E-state index contributed by atoms with van der Waals surface area (Å²) in [4.78, 5) is 11.1. The maximum absolute atomic E-state index is 15.0. The van der Waals surface area contributed by atoms with E-state index in [1.807, 2.05) is 6.07 Å². The summed E-state index contributed by atoms with van der Waals surface area (Å²) in [6.45, 7) is 0. The van der Waals surface area contributed by atoms with Gasteiger partial charge in [-0.1, -0.05) is 48.5 Å². The molecule has 5 heteroatoms. The van der Waals surface area contributed by atoms with Gasteiger partial charge in [0, 0.05) is 5.56 Å². The van der Waals surface area contributed by atoms with Crippen LogP contribution in [0, 0.1) is 0 Å². The van der Waals surface area contributed by atoms with Crippen molar-refractivity contribution in [2.45, 2.75) is 30.8 Å². The van der Waals surface area contributed by atoms with Gasteiger partial charge < -0.3 is 10.5 Å². The number of alkyl halides is 2. The summed E-state index contributed by atoms with van der Waals surface area (Å²) in [5.74, 6) is -3.01. The number of benzene rings is 2. The number of carbonyl (C=O) groups excluding carboxylic acids is 1. The Morgan fingerprint density at radius 2 is 1.83 bits per heavy atom. The molecule has 1 amide bonds. The van der Waals surface area contributed by atoms with Crippen molar-refractivity contribution in [3.8, 4) is 0 Å². The maximum atomic E-state index is 15.0. The highest BCUT2D eigenvalue weighted by atomic mass is 19.3. The van der Waals surface area contributed by atoms with Crippen LogP contribution in [0.15, 0.2) is 54.6 Å². The Kier molecular flexibility index (Phi) is 4.03. The minimum absolute atomic E-state index is 0.169. The zero-order valence-corrected chi connectivity index (χ0v) is 12.4. The van der Waals surface area contributed by atoms with E-state index >= 15 is 0 Å². The van der Waals surface area contributed by atoms with Crippen LogP contribution >= 0.6 is 0 Å². The van der Waals surface area contributed by atoms with Crippen LogP contribution in [0.3, 0.4) is 0 Å². The van der Waals surface area contributed by atoms with Gasteiger partial charge in [0.25, 0.3) is 0 Å². The van der Waals surface area contributed by atoms with Crippen LogP contribution in [0.25, 0.3) is 0 Å². The molecule has 1 atom stereocenters. The molecule has 0 aliphatic heterocycles. The molecule has 120 valence electrons. The Bertz CT molecular complexity index is 699. The molecule has 0 heterocycles. The smallest absolute Gasteiger partial charge is 0.405 e. The van der Waals surface area contributed by atoms with Crippen LogP contribution in [0.5, 0.6) is 0 Å². The first-order valence-electron chi connectivity index (χ1n) is 7.48. The van der Waals surface area contributed by atoms with Crippen molar-refractivity contribution in [2.24, 2.45) is 5.73 Å². The fourth-order valence-corrected chi connectivity index (χ4v) is 2.66. The standard InChI is InChI=1S/C18H17F2NO2/c19-18(20,15-8-4-7-14(11-15)12-9-10-12)16(23-17(21)22)13-5-2-1-3-6-13/h1-8,11-12,16H,9-10H2,(H2,21,22). The monoisotopic (exact) mass is 317 g/mol. The van der Waals surface area contributed by atoms with Crippen LogP contribution < -0.4 is 5.73 Å². The van der Waals surface area contributed by atoms with Crippen LogP contribution in [0.1, 0.15) is 41.6 Å². The summed E-state index contributed by atoms with van der Waals surface area (Å²) in [6.07, 6.45) is -0.934. The third-order valence-corrected chi connectivity index (χ3v) is 3.99. The van der Waals surface area contributed by atoms with Gasteiger partial charge >= 0.3 is 12.0 Å². The Balaban J connectivity index is 1.99. The summed E-state index contributed by atoms with van der Waals surface area (Å²) in [5.41, 5.74) is 5.93. The van der Waals surface area contributed by atoms with E-state index in [1.54, 1.807) is 24.3 Å². The molecule has 1 saturated carbocycles. The van der Waals surface area contributed by atoms with Crippen molar-refractivity contribution in [3.63, 3.8) is 0 Å². The van der Waals surface area contributed by atoms with Gasteiger partial charge in [0.2, 0.25) is 0 Å². The van der Waals surface area contributed by atoms with E-state index in [2.05, 4.69) is 0 Å². The van der Waals surface area contributed by atoms with Gasteiger partial charge in [0.1, 0.15) is 0 Å². The quantitative estimate of drug-likeness (QED) is 0.883. The normalized spacial score (nSPS) is 15.9. The number of nitrogens with two attached hydrogens (primary N) is 1. The second-order valence-electron chi connectivity index (χ2n) is 5.75. The van der Waals surface area contributed by atoms with Gasteiger partial charge in [-0.15, -0.1) is 0 Å². The van der Waals surface area contributed by atoms with E-state index < -0.39 is 18.1 Å². The second kappa shape index (κ2) is 5.99. The van der Waals surface area contributed by atoms with Crippen LogP contribution in [0.4, 0.5) is 13.6 Å². The Morgan fingerprint density at radius 3 is 2.43 bits per heavy atom. The second-order valence-corrected chi connectivity index (χ2v) is 5.75. The highest BCUT2D eigenvalue weighted by Crippen LogP contribution is 2.46. The number of rotatable bonds is 5. The van der Waals surface area contributed by atoms with Crippen molar-refractivity contribution >= 4 is 6.09 Å². The minimum atomic E-state index is -3.37. The summed E-state index contributed by atoms with van der Waals surface area (Å²) in [5, 5.41) is 0. The van der Waals surface area contributed by atoms with E-state index in [1.165, 1.54) is 24.3 Å². The summed E-state index contributed by atoms with van der Waals surface area (Å²) >= 11 is 0. The van der Waals surface area contributed by atoms with E-state index in [-0.39, 0.29) is 11.1 Å². The molecule has 3 nitrogen and oxygen atoms in total. The number of amides is 1. The van der Waals surface area contributed by atoms with Gasteiger partial charge in [0.05, 0.1) is 0 Å². The third kappa shape index (κ3) is 3.33. The van der Waals surface area contributed by atoms with Crippen LogP contribution in [-0.2, 0) is 10.7 Å². The lowest BCUT2D eigenvalue weighted by Gasteiger charge is -2.27. The van der Waals surface area contributed by atoms with Crippen molar-refractivity contribution in [1.29, 1.82) is 0 Å². The predicted molar refractivity (Wildman–Crippen MR) is 82.2 cm³/mol. The number of carbonyl (C=O) groups is 1. The van der Waals surface area contributed by atoms with Crippen molar-refractivity contribution < 1.29 is 18.3 Å². The van der Waals surface area contributed by atoms with Gasteiger partial charge in [0.15, 0.2) is 6.10 Å². The Hall–Kier alpha value is -2.43. The molecule has 1 unspecified atom stereocenters. The van der Waals surface area contributed by atoms with Crippen molar-refractivity contribution in [2.75, 3.05) is 0 Å². The van der Waals surface area contributed by atoms with Gasteiger partial charge in [-0.25, -0.2) is 4.79 Å². The first kappa shape index (κ1) is 15.5. The molecular formula is C18H17F2NO2. The molecule has 2 aromatic carbocycles. The number of primary amides is 1. The highest BCUT2D eigenvalue weighted by molar-refractivity contribution is 5.65. The van der Waals surface area contributed by atoms with E-state index in [9.17, 15) is 13.6 Å². The zero-order chi connectivity index (χ0) is 16.4. The first-order chi connectivity index (χ1) is 11.0. The van der Waals surface area contributed by atoms with Gasteiger partial charge in [-0.2, -0.15) is 8.78 Å². The number of hydrogen-bond donors (Lipinski definition) is 1. The average Bonchev–Trinajstić information content (AvgIpc) is 3.38. The molecule has 23 heavy (non-hydrogen) atoms. The third-order valence-electron chi connectivity index (χ3n) is 3.99. The highest BCUT2D eigenvalue weighted by Gasteiger charge is 2.45. The fourth-order valence-electron chi connectivity index (χ4n) is 2.66. The lowest BCUT2D eigenvalue weighted by Crippen LogP contribution is -2.30. The zero-order valence-electron chi connectivity index (χ0n) is 12.4. The van der Waals surface area contributed by atoms with E-state index in [0.717, 1.165) is 18.4 Å². The molecule has 0 radical (unpaired) electrons. The molecule has 1 aliphatic rings. The average molecular weight is 317 g/mol. The predicted octanol–water partition coefficient (Wildman–Crippen LogP) is 4.49. The lowest BCUT2D eigenvalue weighted by atomic mass is 9.95.